The van der Waals surface area contributed by atoms with Gasteiger partial charge in [-0.2, -0.15) is 24.9 Å². The quantitative estimate of drug-likeness (QED) is 0.0298. The molecule has 78 heavy (non-hydrogen) atoms. The Bertz CT molecular complexity index is 2130. The van der Waals surface area contributed by atoms with Crippen molar-refractivity contribution in [3.63, 3.8) is 0 Å². The van der Waals surface area contributed by atoms with E-state index in [9.17, 15) is 0 Å². The van der Waals surface area contributed by atoms with Gasteiger partial charge >= 0.3 is 0 Å². The summed E-state index contributed by atoms with van der Waals surface area (Å²) in [6.07, 6.45) is -2.18. The number of aliphatic imine (C=N–C) groups is 7. The first kappa shape index (κ1) is 60.5. The molecule has 6 rings (SSSR count). The van der Waals surface area contributed by atoms with Crippen LogP contribution in [0.2, 0.25) is 0 Å². The number of aromatic nitrogens is 3. The van der Waals surface area contributed by atoms with E-state index in [0.717, 1.165) is 26.2 Å². The van der Waals surface area contributed by atoms with E-state index >= 15 is 0 Å². The lowest BCUT2D eigenvalue weighted by molar-refractivity contribution is 0.298. The van der Waals surface area contributed by atoms with Crippen molar-refractivity contribution in [3.8, 4) is 0 Å². The van der Waals surface area contributed by atoms with Crippen LogP contribution in [0.3, 0.4) is 0 Å². The molecule has 26 N–H and O–H groups in total. The third-order valence-corrected chi connectivity index (χ3v) is 11.2. The lowest BCUT2D eigenvalue weighted by atomic mass is 10.5. The van der Waals surface area contributed by atoms with E-state index in [1.54, 1.807) is 7.05 Å². The molecule has 0 aromatic carbocycles. The van der Waals surface area contributed by atoms with Gasteiger partial charge in [-0.25, -0.2) is 25.0 Å². The van der Waals surface area contributed by atoms with Crippen molar-refractivity contribution in [3.05, 3.63) is 0 Å². The van der Waals surface area contributed by atoms with Crippen LogP contribution in [0.5, 0.6) is 0 Å². The Morgan fingerprint density at radius 2 is 0.705 bits per heavy atom. The predicted molar refractivity (Wildman–Crippen MR) is 309 cm³/mol. The molecular formula is C42H90N36. The number of hydrogen-bond donors (Lipinski definition) is 26. The van der Waals surface area contributed by atoms with Crippen LogP contribution >= 0.6 is 0 Å². The second kappa shape index (κ2) is 34.2. The molecule has 5 aliphatic heterocycles. The van der Waals surface area contributed by atoms with Gasteiger partial charge in [0.1, 0.15) is 18.9 Å². The van der Waals surface area contributed by atoms with Gasteiger partial charge in [-0.1, -0.05) is 27.7 Å². The predicted octanol–water partition coefficient (Wildman–Crippen LogP) is -9.12. The van der Waals surface area contributed by atoms with Crippen molar-refractivity contribution in [2.24, 2.45) is 34.9 Å². The number of guanidine groups is 7. The van der Waals surface area contributed by atoms with Gasteiger partial charge in [0.15, 0.2) is 49.3 Å². The molecule has 0 saturated carbocycles. The Labute approximate surface area is 457 Å². The summed E-state index contributed by atoms with van der Waals surface area (Å²) in [6.45, 7) is 22.3. The molecule has 6 heterocycles. The molecular weight excluding hydrogens is 1010 g/mol. The second-order valence-corrected chi connectivity index (χ2v) is 17.3. The zero-order valence-electron chi connectivity index (χ0n) is 46.4. The molecule has 5 aliphatic rings. The summed E-state index contributed by atoms with van der Waals surface area (Å²) in [5, 5.41) is 86.9. The summed E-state index contributed by atoms with van der Waals surface area (Å²) in [7, 11) is 3.65. The van der Waals surface area contributed by atoms with Gasteiger partial charge in [0.2, 0.25) is 41.7 Å². The van der Waals surface area contributed by atoms with E-state index in [2.05, 4.69) is 178 Å². The molecule has 0 aliphatic carbocycles. The molecule has 8 atom stereocenters. The largest absolute Gasteiger partial charge is 0.357 e. The minimum absolute atomic E-state index is 0.110. The van der Waals surface area contributed by atoms with E-state index in [-0.39, 0.29) is 50.3 Å². The van der Waals surface area contributed by atoms with Crippen LogP contribution in [0.1, 0.15) is 41.5 Å². The molecule has 1 aromatic heterocycles. The van der Waals surface area contributed by atoms with Crippen LogP contribution < -0.4 is 138 Å². The Hall–Kier alpha value is -6.74. The second-order valence-electron chi connectivity index (χ2n) is 17.3. The Balaban J connectivity index is 0.882. The molecule has 0 bridgehead atoms. The molecule has 438 valence electrons. The van der Waals surface area contributed by atoms with E-state index in [4.69, 9.17) is 9.98 Å². The summed E-state index contributed by atoms with van der Waals surface area (Å²) < 4.78 is 0. The number of rotatable bonds is 32. The summed E-state index contributed by atoms with van der Waals surface area (Å²) in [5.74, 6) is 5.68. The van der Waals surface area contributed by atoms with Crippen molar-refractivity contribution in [1.82, 2.24) is 137 Å². The third-order valence-electron chi connectivity index (χ3n) is 11.2. The van der Waals surface area contributed by atoms with Gasteiger partial charge in [0.25, 0.3) is 0 Å². The zero-order valence-corrected chi connectivity index (χ0v) is 46.4. The van der Waals surface area contributed by atoms with Crippen molar-refractivity contribution in [1.29, 1.82) is 0 Å². The lowest BCUT2D eigenvalue weighted by Crippen LogP contribution is -2.68. The number of nitrogens with one attached hydrogen (secondary N) is 26. The maximum absolute atomic E-state index is 4.79. The van der Waals surface area contributed by atoms with Crippen molar-refractivity contribution < 1.29 is 0 Å². The minimum Gasteiger partial charge on any atom is -0.357 e. The van der Waals surface area contributed by atoms with Crippen LogP contribution in [-0.4, -0.2) is 226 Å². The van der Waals surface area contributed by atoms with Crippen LogP contribution in [0.25, 0.3) is 0 Å². The van der Waals surface area contributed by atoms with E-state index in [1.807, 2.05) is 48.6 Å². The van der Waals surface area contributed by atoms with Crippen LogP contribution in [0, 0.1) is 0 Å². The number of hydrogen-bond acceptors (Lipinski definition) is 36. The average Bonchev–Trinajstić information content (AvgIpc) is 3.43. The molecule has 0 radical (unpaired) electrons. The van der Waals surface area contributed by atoms with Crippen LogP contribution in [0.4, 0.5) is 17.8 Å². The topological polar surface area (TPSA) is 438 Å². The van der Waals surface area contributed by atoms with Gasteiger partial charge in [-0.05, 0) is 47.1 Å². The number of nitrogens with zero attached hydrogens (tertiary/aromatic N) is 10. The Kier molecular flexibility index (Phi) is 26.5. The minimum atomic E-state index is -0.384. The van der Waals surface area contributed by atoms with Crippen molar-refractivity contribution >= 4 is 59.6 Å². The molecule has 36 nitrogen and oxygen atoms in total. The van der Waals surface area contributed by atoms with Crippen LogP contribution in [-0.2, 0) is 0 Å². The molecule has 0 saturated heterocycles. The molecule has 36 heteroatoms. The molecule has 0 spiro atoms. The Morgan fingerprint density at radius 1 is 0.321 bits per heavy atom. The van der Waals surface area contributed by atoms with Gasteiger partial charge in [0, 0.05) is 85.6 Å². The van der Waals surface area contributed by atoms with Crippen LogP contribution in [0.15, 0.2) is 34.9 Å². The van der Waals surface area contributed by atoms with Gasteiger partial charge in [0.05, 0.1) is 0 Å². The third kappa shape index (κ3) is 21.6. The monoisotopic (exact) mass is 1100 g/mol. The number of anilines is 3. The van der Waals surface area contributed by atoms with Crippen molar-refractivity contribution in [2.75, 3.05) is 135 Å². The van der Waals surface area contributed by atoms with Gasteiger partial charge < -0.3 is 79.8 Å². The standard InChI is InChI=1S/C42H90N36/c1-9-45-27-61-25(43-7)63-33(65-27)51-15-17-53-35-67-29(47-11-3)69-37(75-35)55-19-21-57-39-71-31(49-13-5)73-41(77-39)59-23-24-60-42-74-32(50-14-6)72-40(78-42)58-22-20-56-38-70-30(48-12-4)68-36(76-38)54-18-16-52-34-64-26(44-8)62-28(66-34)46-10-2/h25,27,30-32,35,39,42-43,45,48-50,53,57,60-61,71,74H,9-24H2,1-8H3,(H2,51,63,65)(H2,58,72,78)(H2,59,73,77)(H3,47,55,67,69,75)(H3,54,56,68,70,76)(H3,44,46,52,62,64,66). The maximum Gasteiger partial charge on any atom is 0.229 e. The van der Waals surface area contributed by atoms with Crippen molar-refractivity contribution in [2.45, 2.75) is 91.9 Å². The zero-order chi connectivity index (χ0) is 55.2. The average molecular weight is 1100 g/mol. The fraction of sp³-hybridized carbons (Fsp3) is 0.762. The first-order chi connectivity index (χ1) is 38.2. The smallest absolute Gasteiger partial charge is 0.229 e. The SMILES string of the molecule is CCNC1=NC(NCCNC2=NC(NCC)NC(NC)N2)NC(NCCNC2NC(NCCNC3NC(NCCNC4=NC(NCCNc5nc(NC)nc(NCC)n5)=NC(NCC)N4)=NC(NCC)N3)=NC(NCC)N2)=N1. The van der Waals surface area contributed by atoms with E-state index in [1.165, 1.54) is 0 Å². The fourth-order valence-corrected chi connectivity index (χ4v) is 7.68. The first-order valence-corrected chi connectivity index (χ1v) is 27.3. The molecule has 0 fully saturated rings. The highest BCUT2D eigenvalue weighted by Crippen LogP contribution is 2.08. The highest BCUT2D eigenvalue weighted by molar-refractivity contribution is 5.97. The normalized spacial score (nSPS) is 23.7. The summed E-state index contributed by atoms with van der Waals surface area (Å²) in [5.41, 5.74) is 0. The maximum atomic E-state index is 4.79. The highest BCUT2D eigenvalue weighted by atomic mass is 15.5. The lowest BCUT2D eigenvalue weighted by Gasteiger charge is -2.33. The highest BCUT2D eigenvalue weighted by Gasteiger charge is 2.25. The summed E-state index contributed by atoms with van der Waals surface area (Å²) in [6, 6.07) is 0. The molecule has 8 unspecified atom stereocenters. The van der Waals surface area contributed by atoms with Gasteiger partial charge in [-0.15, -0.1) is 0 Å². The first-order valence-electron chi connectivity index (χ1n) is 27.3. The Morgan fingerprint density at radius 3 is 1.19 bits per heavy atom. The van der Waals surface area contributed by atoms with E-state index in [0.29, 0.717) is 138 Å². The van der Waals surface area contributed by atoms with E-state index < -0.39 is 0 Å². The summed E-state index contributed by atoms with van der Waals surface area (Å²) >= 11 is 0. The molecule has 1 aromatic rings. The fourth-order valence-electron chi connectivity index (χ4n) is 7.68. The van der Waals surface area contributed by atoms with Gasteiger partial charge in [-0.3, -0.25) is 58.5 Å². The molecule has 0 amide bonds. The summed E-state index contributed by atoms with van der Waals surface area (Å²) in [4.78, 5) is 46.0.